The molecular formula is C8H8BrIN2. The van der Waals surface area contributed by atoms with Crippen molar-refractivity contribution in [3.8, 4) is 0 Å². The third kappa shape index (κ3) is 0.828. The Hall–Kier alpha value is 0.420. The van der Waals surface area contributed by atoms with Gasteiger partial charge in [-0.3, -0.25) is 4.68 Å². The summed E-state index contributed by atoms with van der Waals surface area (Å²) in [6.45, 7) is 0. The molecule has 3 aliphatic rings. The van der Waals surface area contributed by atoms with Crippen molar-refractivity contribution in [2.24, 2.45) is 0 Å². The molecule has 3 fully saturated rings. The topological polar surface area (TPSA) is 17.8 Å². The minimum Gasteiger partial charge on any atom is -0.265 e. The number of hydrogen-bond donors (Lipinski definition) is 0. The molecule has 0 spiro atoms. The van der Waals surface area contributed by atoms with E-state index in [-0.39, 0.29) is 0 Å². The predicted octanol–water partition coefficient (Wildman–Crippen LogP) is 2.71. The van der Waals surface area contributed by atoms with Gasteiger partial charge in [-0.15, -0.1) is 0 Å². The standard InChI is InChI=1S/C8H8BrIN2/c9-6-1-11-12(2-6)8-3-7(10,4-8)5-8/h1-2H,3-5H2. The SMILES string of the molecule is Brc1cnn(C23CC(I)(C2)C3)c1. The van der Waals surface area contributed by atoms with Gasteiger partial charge in [0.2, 0.25) is 0 Å². The van der Waals surface area contributed by atoms with Crippen molar-refractivity contribution < 1.29 is 0 Å². The normalized spacial score (nSPS) is 43.5. The average molecular weight is 339 g/mol. The lowest BCUT2D eigenvalue weighted by molar-refractivity contribution is -0.0564. The van der Waals surface area contributed by atoms with E-state index >= 15 is 0 Å². The van der Waals surface area contributed by atoms with Gasteiger partial charge in [0, 0.05) is 9.62 Å². The molecular weight excluding hydrogens is 331 g/mol. The minimum atomic E-state index is 0.410. The maximum absolute atomic E-state index is 4.35. The third-order valence-electron chi connectivity index (χ3n) is 2.97. The quantitative estimate of drug-likeness (QED) is 0.568. The maximum atomic E-state index is 4.35. The molecule has 1 aromatic heterocycles. The number of alkyl halides is 1. The molecule has 12 heavy (non-hydrogen) atoms. The van der Waals surface area contributed by atoms with Crippen molar-refractivity contribution in [2.75, 3.05) is 0 Å². The van der Waals surface area contributed by atoms with Crippen molar-refractivity contribution in [3.63, 3.8) is 0 Å². The summed E-state index contributed by atoms with van der Waals surface area (Å²) >= 11 is 6.01. The minimum absolute atomic E-state index is 0.410. The predicted molar refractivity (Wildman–Crippen MR) is 58.5 cm³/mol. The summed E-state index contributed by atoms with van der Waals surface area (Å²) in [6.07, 6.45) is 7.91. The Morgan fingerprint density at radius 2 is 2.17 bits per heavy atom. The molecule has 0 unspecified atom stereocenters. The van der Waals surface area contributed by atoms with Gasteiger partial charge in [0.1, 0.15) is 0 Å². The molecule has 1 heterocycles. The van der Waals surface area contributed by atoms with E-state index < -0.39 is 0 Å². The summed E-state index contributed by atoms with van der Waals surface area (Å²) < 4.78 is 3.86. The fraction of sp³-hybridized carbons (Fsp3) is 0.625. The second kappa shape index (κ2) is 2.08. The summed E-state index contributed by atoms with van der Waals surface area (Å²) in [5.41, 5.74) is 0.410. The van der Waals surface area contributed by atoms with Crippen molar-refractivity contribution in [2.45, 2.75) is 28.2 Å². The highest BCUT2D eigenvalue weighted by molar-refractivity contribution is 14.1. The van der Waals surface area contributed by atoms with E-state index in [2.05, 4.69) is 54.5 Å². The fourth-order valence-corrected chi connectivity index (χ4v) is 4.83. The number of hydrogen-bond acceptors (Lipinski definition) is 1. The van der Waals surface area contributed by atoms with Gasteiger partial charge in [-0.2, -0.15) is 5.10 Å². The van der Waals surface area contributed by atoms with Crippen LogP contribution < -0.4 is 0 Å². The van der Waals surface area contributed by atoms with Crippen LogP contribution in [0.4, 0.5) is 0 Å². The van der Waals surface area contributed by atoms with Crippen LogP contribution in [0.1, 0.15) is 19.3 Å². The van der Waals surface area contributed by atoms with Crippen LogP contribution in [0.15, 0.2) is 16.9 Å². The summed E-state index contributed by atoms with van der Waals surface area (Å²) in [5.74, 6) is 0. The van der Waals surface area contributed by atoms with Gasteiger partial charge >= 0.3 is 0 Å². The first-order valence-corrected chi connectivity index (χ1v) is 5.89. The molecule has 0 aromatic carbocycles. The third-order valence-corrected chi connectivity index (χ3v) is 4.53. The Morgan fingerprint density at radius 3 is 2.58 bits per heavy atom. The lowest BCUT2D eigenvalue weighted by Crippen LogP contribution is -2.69. The summed E-state index contributed by atoms with van der Waals surface area (Å²) in [6, 6.07) is 0. The van der Waals surface area contributed by atoms with Crippen molar-refractivity contribution in [3.05, 3.63) is 16.9 Å². The van der Waals surface area contributed by atoms with Gasteiger partial charge in [0.25, 0.3) is 0 Å². The van der Waals surface area contributed by atoms with E-state index in [9.17, 15) is 0 Å². The zero-order chi connectivity index (χ0) is 8.40. The lowest BCUT2D eigenvalue weighted by Gasteiger charge is -2.67. The lowest BCUT2D eigenvalue weighted by atomic mass is 9.50. The van der Waals surface area contributed by atoms with E-state index in [4.69, 9.17) is 0 Å². The van der Waals surface area contributed by atoms with Crippen LogP contribution in [0.25, 0.3) is 0 Å². The van der Waals surface area contributed by atoms with Crippen LogP contribution in [0.2, 0.25) is 0 Å². The summed E-state index contributed by atoms with van der Waals surface area (Å²) in [7, 11) is 0. The fourth-order valence-electron chi connectivity index (χ4n) is 2.42. The van der Waals surface area contributed by atoms with Gasteiger partial charge in [0.15, 0.2) is 0 Å². The van der Waals surface area contributed by atoms with E-state index in [1.54, 1.807) is 0 Å². The molecule has 4 rings (SSSR count). The highest BCUT2D eigenvalue weighted by Crippen LogP contribution is 2.69. The highest BCUT2D eigenvalue weighted by Gasteiger charge is 2.68. The Bertz CT molecular complexity index is 327. The van der Waals surface area contributed by atoms with Gasteiger partial charge in [-0.05, 0) is 35.2 Å². The first-order valence-electron chi connectivity index (χ1n) is 4.02. The first kappa shape index (κ1) is 7.79. The van der Waals surface area contributed by atoms with Gasteiger partial charge in [-0.1, -0.05) is 22.6 Å². The second-order valence-electron chi connectivity index (χ2n) is 4.01. The average Bonchev–Trinajstić information content (AvgIpc) is 2.26. The molecule has 0 aliphatic heterocycles. The molecule has 3 aliphatic carbocycles. The van der Waals surface area contributed by atoms with Crippen LogP contribution in [0.3, 0.4) is 0 Å². The zero-order valence-corrected chi connectivity index (χ0v) is 10.2. The molecule has 0 N–H and O–H groups in total. The monoisotopic (exact) mass is 338 g/mol. The number of halogens is 2. The summed E-state index contributed by atoms with van der Waals surface area (Å²) in [4.78, 5) is 0. The molecule has 0 amide bonds. The molecule has 64 valence electrons. The van der Waals surface area contributed by atoms with Gasteiger partial charge < -0.3 is 0 Å². The van der Waals surface area contributed by atoms with E-state index in [0.717, 1.165) is 4.47 Å². The summed E-state index contributed by atoms with van der Waals surface area (Å²) in [5, 5.41) is 4.35. The number of rotatable bonds is 1. The van der Waals surface area contributed by atoms with E-state index in [0.29, 0.717) is 8.96 Å². The van der Waals surface area contributed by atoms with Gasteiger partial charge in [-0.25, -0.2) is 0 Å². The zero-order valence-electron chi connectivity index (χ0n) is 6.43. The molecule has 1 aromatic rings. The molecule has 0 radical (unpaired) electrons. The van der Waals surface area contributed by atoms with Crippen LogP contribution in [0, 0.1) is 0 Å². The van der Waals surface area contributed by atoms with Crippen molar-refractivity contribution in [1.29, 1.82) is 0 Å². The number of nitrogens with zero attached hydrogens (tertiary/aromatic N) is 2. The smallest absolute Gasteiger partial charge is 0.0666 e. The molecule has 4 heteroatoms. The van der Waals surface area contributed by atoms with E-state index in [1.807, 2.05) is 6.20 Å². The van der Waals surface area contributed by atoms with Crippen LogP contribution in [-0.2, 0) is 5.54 Å². The van der Waals surface area contributed by atoms with E-state index in [1.165, 1.54) is 19.3 Å². The molecule has 2 bridgehead atoms. The molecule has 2 nitrogen and oxygen atoms in total. The Labute approximate surface area is 93.0 Å². The Morgan fingerprint density at radius 1 is 1.50 bits per heavy atom. The van der Waals surface area contributed by atoms with Gasteiger partial charge in [0.05, 0.1) is 16.2 Å². The highest BCUT2D eigenvalue weighted by atomic mass is 127. The molecule has 0 saturated heterocycles. The van der Waals surface area contributed by atoms with Crippen LogP contribution >= 0.6 is 38.5 Å². The number of aromatic nitrogens is 2. The van der Waals surface area contributed by atoms with Crippen molar-refractivity contribution >= 4 is 38.5 Å². The van der Waals surface area contributed by atoms with Crippen LogP contribution in [0.5, 0.6) is 0 Å². The second-order valence-corrected chi connectivity index (χ2v) is 7.21. The maximum Gasteiger partial charge on any atom is 0.0666 e. The molecule has 0 atom stereocenters. The molecule has 3 saturated carbocycles. The van der Waals surface area contributed by atoms with Crippen molar-refractivity contribution in [1.82, 2.24) is 9.78 Å². The van der Waals surface area contributed by atoms with Crippen LogP contribution in [-0.4, -0.2) is 13.2 Å². The Balaban J connectivity index is 1.93. The largest absolute Gasteiger partial charge is 0.265 e. The first-order chi connectivity index (χ1) is 5.62. The Kier molecular flexibility index (Phi) is 1.35.